The predicted molar refractivity (Wildman–Crippen MR) is 87.8 cm³/mol. The van der Waals surface area contributed by atoms with Crippen LogP contribution in [-0.2, 0) is 0 Å². The Bertz CT molecular complexity index is 937. The molecule has 8 heteroatoms. The van der Waals surface area contributed by atoms with Crippen molar-refractivity contribution in [2.75, 3.05) is 5.75 Å². The summed E-state index contributed by atoms with van der Waals surface area (Å²) in [6.07, 6.45) is 2.96. The molecule has 2 heterocycles. The molecule has 0 atom stereocenters. The van der Waals surface area contributed by atoms with Crippen LogP contribution in [0.25, 0.3) is 16.9 Å². The van der Waals surface area contributed by atoms with Gasteiger partial charge in [0, 0.05) is 18.0 Å². The lowest BCUT2D eigenvalue weighted by Crippen LogP contribution is -2.23. The van der Waals surface area contributed by atoms with Crippen LogP contribution in [0.1, 0.15) is 17.3 Å². The minimum atomic E-state index is -0.519. The molecule has 23 heavy (non-hydrogen) atoms. The highest BCUT2D eigenvalue weighted by atomic mass is 32.2. The van der Waals surface area contributed by atoms with Crippen molar-refractivity contribution in [3.8, 4) is 5.69 Å². The van der Waals surface area contributed by atoms with Gasteiger partial charge < -0.3 is 5.73 Å². The minimum absolute atomic E-state index is 0.201. The van der Waals surface area contributed by atoms with Crippen LogP contribution >= 0.6 is 11.8 Å². The lowest BCUT2D eigenvalue weighted by Gasteiger charge is -2.12. The van der Waals surface area contributed by atoms with Gasteiger partial charge in [0.05, 0.1) is 5.69 Å². The third kappa shape index (κ3) is 2.80. The summed E-state index contributed by atoms with van der Waals surface area (Å²) in [7, 11) is 0. The summed E-state index contributed by atoms with van der Waals surface area (Å²) in [6, 6.07) is 6.47. The fourth-order valence-electron chi connectivity index (χ4n) is 2.13. The molecule has 116 valence electrons. The average molecular weight is 327 g/mol. The quantitative estimate of drug-likeness (QED) is 0.573. The van der Waals surface area contributed by atoms with Gasteiger partial charge in [-0.2, -0.15) is 0 Å². The van der Waals surface area contributed by atoms with E-state index in [0.29, 0.717) is 22.1 Å². The van der Waals surface area contributed by atoms with Gasteiger partial charge in [0.15, 0.2) is 16.3 Å². The first-order valence-electron chi connectivity index (χ1n) is 6.88. The molecule has 0 unspecified atom stereocenters. The van der Waals surface area contributed by atoms with Crippen molar-refractivity contribution < 1.29 is 4.79 Å². The number of benzene rings is 1. The van der Waals surface area contributed by atoms with E-state index in [1.165, 1.54) is 28.7 Å². The van der Waals surface area contributed by atoms with Crippen LogP contribution in [0, 0.1) is 0 Å². The molecule has 0 radical (unpaired) electrons. The van der Waals surface area contributed by atoms with Gasteiger partial charge in [0.2, 0.25) is 5.91 Å². The van der Waals surface area contributed by atoms with Crippen molar-refractivity contribution in [1.29, 1.82) is 0 Å². The standard InChI is InChI=1S/C15H13N5O2S/c1-2-23-15-19-13-11(17-7-8-18-13)14(22)20(15)10-5-3-9(4-6-10)12(16)21/h3-8H,2H2,1H3,(H2,16,21). The number of carbonyl (C=O) groups is 1. The van der Waals surface area contributed by atoms with Crippen LogP contribution in [0.3, 0.4) is 0 Å². The Hall–Kier alpha value is -2.74. The molecular weight excluding hydrogens is 314 g/mol. The summed E-state index contributed by atoms with van der Waals surface area (Å²) in [5.41, 5.74) is 6.43. The van der Waals surface area contributed by atoms with Crippen LogP contribution in [0.2, 0.25) is 0 Å². The second-order valence-electron chi connectivity index (χ2n) is 4.61. The third-order valence-corrected chi connectivity index (χ3v) is 3.98. The first-order chi connectivity index (χ1) is 11.1. The Kier molecular flexibility index (Phi) is 4.07. The lowest BCUT2D eigenvalue weighted by atomic mass is 10.2. The molecule has 7 nitrogen and oxygen atoms in total. The molecule has 0 spiro atoms. The lowest BCUT2D eigenvalue weighted by molar-refractivity contribution is 0.100. The van der Waals surface area contributed by atoms with Crippen molar-refractivity contribution in [3.63, 3.8) is 0 Å². The number of fused-ring (bicyclic) bond motifs is 1. The fourth-order valence-corrected chi connectivity index (χ4v) is 2.85. The maximum Gasteiger partial charge on any atom is 0.286 e. The highest BCUT2D eigenvalue weighted by Crippen LogP contribution is 2.19. The monoisotopic (exact) mass is 327 g/mol. The molecule has 1 aromatic carbocycles. The topological polar surface area (TPSA) is 104 Å². The number of amides is 1. The number of primary amides is 1. The zero-order valence-electron chi connectivity index (χ0n) is 12.3. The number of nitrogens with two attached hydrogens (primary N) is 1. The molecule has 0 aliphatic heterocycles. The Morgan fingerprint density at radius 2 is 1.91 bits per heavy atom. The highest BCUT2D eigenvalue weighted by Gasteiger charge is 2.14. The van der Waals surface area contributed by atoms with Crippen molar-refractivity contribution in [1.82, 2.24) is 19.5 Å². The molecule has 3 rings (SSSR count). The third-order valence-electron chi connectivity index (χ3n) is 3.16. The van der Waals surface area contributed by atoms with Gasteiger partial charge >= 0.3 is 0 Å². The molecule has 0 fully saturated rings. The number of thioether (sulfide) groups is 1. The Morgan fingerprint density at radius 3 is 2.57 bits per heavy atom. The molecule has 1 amide bonds. The molecule has 0 saturated heterocycles. The van der Waals surface area contributed by atoms with E-state index in [1.54, 1.807) is 24.3 Å². The first-order valence-corrected chi connectivity index (χ1v) is 7.87. The Labute approximate surface area is 135 Å². The van der Waals surface area contributed by atoms with E-state index in [9.17, 15) is 9.59 Å². The molecule has 0 aliphatic carbocycles. The van der Waals surface area contributed by atoms with E-state index in [-0.39, 0.29) is 11.1 Å². The maximum atomic E-state index is 12.8. The Balaban J connectivity index is 2.26. The predicted octanol–water partition coefficient (Wildman–Crippen LogP) is 1.39. The van der Waals surface area contributed by atoms with Crippen LogP contribution in [0.5, 0.6) is 0 Å². The van der Waals surface area contributed by atoms with E-state index < -0.39 is 5.91 Å². The van der Waals surface area contributed by atoms with Gasteiger partial charge in [-0.3, -0.25) is 14.2 Å². The van der Waals surface area contributed by atoms with Gasteiger partial charge in [-0.1, -0.05) is 18.7 Å². The Morgan fingerprint density at radius 1 is 1.22 bits per heavy atom. The molecule has 2 aromatic heterocycles. The first kappa shape index (κ1) is 15.2. The number of hydrogen-bond donors (Lipinski definition) is 1. The number of hydrogen-bond acceptors (Lipinski definition) is 6. The zero-order valence-corrected chi connectivity index (χ0v) is 13.1. The van der Waals surface area contributed by atoms with Crippen LogP contribution < -0.4 is 11.3 Å². The van der Waals surface area contributed by atoms with Crippen molar-refractivity contribution in [3.05, 3.63) is 52.6 Å². The molecule has 0 bridgehead atoms. The molecule has 0 saturated carbocycles. The van der Waals surface area contributed by atoms with E-state index in [0.717, 1.165) is 5.75 Å². The second kappa shape index (κ2) is 6.17. The molecular formula is C15H13N5O2S. The second-order valence-corrected chi connectivity index (χ2v) is 5.84. The van der Waals surface area contributed by atoms with E-state index in [1.807, 2.05) is 6.92 Å². The van der Waals surface area contributed by atoms with Gasteiger partial charge in [-0.15, -0.1) is 0 Å². The number of carbonyl (C=O) groups excluding carboxylic acids is 1. The summed E-state index contributed by atoms with van der Waals surface area (Å²) in [5, 5.41) is 0.525. The summed E-state index contributed by atoms with van der Waals surface area (Å²) >= 11 is 1.43. The van der Waals surface area contributed by atoms with Crippen LogP contribution in [0.4, 0.5) is 0 Å². The number of aromatic nitrogens is 4. The minimum Gasteiger partial charge on any atom is -0.366 e. The van der Waals surface area contributed by atoms with Crippen molar-refractivity contribution >= 4 is 28.8 Å². The average Bonchev–Trinajstić information content (AvgIpc) is 2.56. The van der Waals surface area contributed by atoms with E-state index in [2.05, 4.69) is 15.0 Å². The number of nitrogens with zero attached hydrogens (tertiary/aromatic N) is 4. The van der Waals surface area contributed by atoms with Crippen molar-refractivity contribution in [2.24, 2.45) is 5.73 Å². The summed E-state index contributed by atoms with van der Waals surface area (Å²) < 4.78 is 1.47. The van der Waals surface area contributed by atoms with Gasteiger partial charge in [0.1, 0.15) is 0 Å². The van der Waals surface area contributed by atoms with E-state index >= 15 is 0 Å². The fraction of sp³-hybridized carbons (Fsp3) is 0.133. The smallest absolute Gasteiger partial charge is 0.286 e. The highest BCUT2D eigenvalue weighted by molar-refractivity contribution is 7.99. The van der Waals surface area contributed by atoms with Gasteiger partial charge in [0.25, 0.3) is 5.56 Å². The summed E-state index contributed by atoms with van der Waals surface area (Å²) in [5.74, 6) is 0.229. The summed E-state index contributed by atoms with van der Waals surface area (Å²) in [4.78, 5) is 36.5. The van der Waals surface area contributed by atoms with Gasteiger partial charge in [-0.25, -0.2) is 15.0 Å². The van der Waals surface area contributed by atoms with Crippen LogP contribution in [-0.4, -0.2) is 31.2 Å². The molecule has 3 aromatic rings. The maximum absolute atomic E-state index is 12.8. The SMILES string of the molecule is CCSc1nc2nccnc2c(=O)n1-c1ccc(C(N)=O)cc1. The van der Waals surface area contributed by atoms with Crippen molar-refractivity contribution in [2.45, 2.75) is 12.1 Å². The van der Waals surface area contributed by atoms with E-state index in [4.69, 9.17) is 5.73 Å². The molecule has 0 aliphatic rings. The largest absolute Gasteiger partial charge is 0.366 e. The van der Waals surface area contributed by atoms with Gasteiger partial charge in [-0.05, 0) is 30.0 Å². The van der Waals surface area contributed by atoms with Crippen LogP contribution in [0.15, 0.2) is 46.6 Å². The normalized spacial score (nSPS) is 10.8. The summed E-state index contributed by atoms with van der Waals surface area (Å²) in [6.45, 7) is 1.97. The zero-order chi connectivity index (χ0) is 16.4. The molecule has 2 N–H and O–H groups in total. The number of rotatable bonds is 4.